The average molecular weight is 120 g/mol. The summed E-state index contributed by atoms with van der Waals surface area (Å²) in [6.45, 7) is 4.84. The Hall–Kier alpha value is 0.860. The fourth-order valence-electron chi connectivity index (χ4n) is 0.500. The van der Waals surface area contributed by atoms with E-state index in [-0.39, 0.29) is 0 Å². The molecule has 0 amide bonds. The van der Waals surface area contributed by atoms with Crippen molar-refractivity contribution in [3.8, 4) is 0 Å². The fraction of sp³-hybridized carbons (Fsp3) is 1.00. The van der Waals surface area contributed by atoms with Gasteiger partial charge in [0.15, 0.2) is 0 Å². The van der Waals surface area contributed by atoms with Crippen molar-refractivity contribution >= 4 is 15.2 Å². The molecule has 0 aromatic carbocycles. The highest BCUT2D eigenvalue weighted by Crippen LogP contribution is 2.72. The van der Waals surface area contributed by atoms with Gasteiger partial charge in [-0.15, -0.1) is 0 Å². The second-order valence-electron chi connectivity index (χ2n) is 1.76. The summed E-state index contributed by atoms with van der Waals surface area (Å²) < 4.78 is 0. The van der Waals surface area contributed by atoms with Crippen LogP contribution >= 0.6 is 15.2 Å². The predicted octanol–water partition coefficient (Wildman–Crippen LogP) is 2.14. The Morgan fingerprint density at radius 3 is 1.33 bits per heavy atom. The fourth-order valence-corrected chi connectivity index (χ4v) is 4.50. The summed E-state index contributed by atoms with van der Waals surface area (Å²) in [5.41, 5.74) is 0. The third-order valence-corrected chi connectivity index (χ3v) is 9.29. The Morgan fingerprint density at radius 1 is 1.00 bits per heavy atom. The van der Waals surface area contributed by atoms with Crippen molar-refractivity contribution in [3.05, 3.63) is 0 Å². The van der Waals surface area contributed by atoms with Crippen LogP contribution in [0.15, 0.2) is 0 Å². The Morgan fingerprint density at radius 2 is 1.33 bits per heavy atom. The molecule has 0 N–H and O–H groups in total. The molecule has 2 heteroatoms. The summed E-state index contributed by atoms with van der Waals surface area (Å²) >= 11 is 0. The van der Waals surface area contributed by atoms with Gasteiger partial charge in [0.1, 0.15) is 0 Å². The van der Waals surface area contributed by atoms with Gasteiger partial charge in [0.25, 0.3) is 0 Å². The van der Waals surface area contributed by atoms with Crippen LogP contribution in [0, 0.1) is 0 Å². The van der Waals surface area contributed by atoms with Gasteiger partial charge in [0.2, 0.25) is 0 Å². The zero-order valence-corrected chi connectivity index (χ0v) is 6.10. The highest BCUT2D eigenvalue weighted by Gasteiger charge is 2.19. The molecule has 6 heavy (non-hydrogen) atoms. The molecule has 1 saturated heterocycles. The smallest absolute Gasteiger partial charge is 0.0247 e. The van der Waals surface area contributed by atoms with Gasteiger partial charge in [0.05, 0.1) is 0 Å². The van der Waals surface area contributed by atoms with Crippen LogP contribution in [0.2, 0.25) is 0 Å². The first-order valence-corrected chi connectivity index (χ1v) is 6.88. The lowest BCUT2D eigenvalue weighted by atomic mass is 11.0. The van der Waals surface area contributed by atoms with Crippen LogP contribution in [0.1, 0.15) is 0 Å². The van der Waals surface area contributed by atoms with Gasteiger partial charge in [-0.3, -0.25) is 0 Å². The van der Waals surface area contributed by atoms with Crippen LogP contribution < -0.4 is 0 Å². The first kappa shape index (κ1) is 5.01. The van der Waals surface area contributed by atoms with E-state index in [2.05, 4.69) is 13.3 Å². The third kappa shape index (κ3) is 0.745. The lowest BCUT2D eigenvalue weighted by Gasteiger charge is -2.30. The minimum atomic E-state index is 0.586. The number of hydrogen-bond donors (Lipinski definition) is 0. The third-order valence-electron chi connectivity index (χ3n) is 1.33. The van der Waals surface area contributed by atoms with Gasteiger partial charge in [-0.05, 0) is 25.7 Å². The molecular weight excluding hydrogens is 110 g/mol. The van der Waals surface area contributed by atoms with Gasteiger partial charge in [-0.2, -0.15) is 0 Å². The van der Waals surface area contributed by atoms with Gasteiger partial charge in [-0.25, -0.2) is 0 Å². The van der Waals surface area contributed by atoms with E-state index in [0.29, 0.717) is 15.2 Å². The molecule has 1 aliphatic heterocycles. The van der Waals surface area contributed by atoms with Crippen molar-refractivity contribution in [2.75, 3.05) is 25.7 Å². The van der Waals surface area contributed by atoms with E-state index in [1.165, 1.54) is 0 Å². The van der Waals surface area contributed by atoms with Gasteiger partial charge >= 0.3 is 0 Å². The van der Waals surface area contributed by atoms with Crippen molar-refractivity contribution in [2.45, 2.75) is 0 Å². The number of rotatable bonds is 0. The zero-order chi connectivity index (χ0) is 4.57. The molecule has 0 radical (unpaired) electrons. The highest BCUT2D eigenvalue weighted by atomic mass is 32.1. The lowest BCUT2D eigenvalue weighted by Crippen LogP contribution is -1.98. The van der Waals surface area contributed by atoms with Crippen molar-refractivity contribution in [2.24, 2.45) is 0 Å². The quantitative estimate of drug-likeness (QED) is 0.429. The van der Waals surface area contributed by atoms with Crippen molar-refractivity contribution < 1.29 is 0 Å². The van der Waals surface area contributed by atoms with Crippen molar-refractivity contribution in [1.82, 2.24) is 0 Å². The van der Waals surface area contributed by atoms with Gasteiger partial charge in [0, 0.05) is 0 Å². The summed E-state index contributed by atoms with van der Waals surface area (Å²) in [7, 11) is 1.17. The van der Waals surface area contributed by atoms with E-state index in [0.717, 1.165) is 0 Å². The van der Waals surface area contributed by atoms with Gasteiger partial charge in [-0.1, -0.05) is 15.2 Å². The van der Waals surface area contributed by atoms with E-state index in [4.69, 9.17) is 0 Å². The zero-order valence-electron chi connectivity index (χ0n) is 4.31. The minimum absolute atomic E-state index is 0.586. The van der Waals surface area contributed by atoms with E-state index in [1.807, 2.05) is 0 Å². The maximum Gasteiger partial charge on any atom is -0.0247 e. The lowest BCUT2D eigenvalue weighted by molar-refractivity contribution is 1.48. The van der Waals surface area contributed by atoms with Crippen LogP contribution in [-0.2, 0) is 0 Å². The van der Waals surface area contributed by atoms with E-state index < -0.39 is 0 Å². The first-order chi connectivity index (χ1) is 2.80. The Bertz CT molecular complexity index is 45.5. The predicted molar refractivity (Wildman–Crippen MR) is 35.4 cm³/mol. The van der Waals surface area contributed by atoms with E-state index in [1.54, 1.807) is 12.3 Å². The van der Waals surface area contributed by atoms with Crippen LogP contribution in [-0.4, -0.2) is 25.7 Å². The van der Waals surface area contributed by atoms with Crippen LogP contribution in [0.25, 0.3) is 0 Å². The molecule has 0 bridgehead atoms. The molecule has 2 unspecified atom stereocenters. The standard InChI is InChI=1S/C4H10P2/c1-5-3-4-6(5)2/h3-4H2,1-2H3. The largest absolute Gasteiger partial charge is 0.0841 e. The van der Waals surface area contributed by atoms with Crippen LogP contribution in [0.3, 0.4) is 0 Å². The molecule has 0 aliphatic carbocycles. The maximum absolute atomic E-state index is 2.42. The Labute approximate surface area is 41.7 Å². The average Bonchev–Trinajstić information content (AvgIpc) is 1.61. The molecule has 1 fully saturated rings. The summed E-state index contributed by atoms with van der Waals surface area (Å²) in [5, 5.41) is 0. The second-order valence-corrected chi connectivity index (χ2v) is 9.38. The SMILES string of the molecule is CP1CCP1C. The molecule has 1 rings (SSSR count). The molecule has 0 nitrogen and oxygen atoms in total. The van der Waals surface area contributed by atoms with Crippen LogP contribution in [0.4, 0.5) is 0 Å². The minimum Gasteiger partial charge on any atom is -0.0841 e. The normalized spacial score (nSPS) is 45.0. The molecule has 2 atom stereocenters. The van der Waals surface area contributed by atoms with E-state index >= 15 is 0 Å². The van der Waals surface area contributed by atoms with Crippen molar-refractivity contribution in [3.63, 3.8) is 0 Å². The molecule has 0 saturated carbocycles. The van der Waals surface area contributed by atoms with E-state index in [9.17, 15) is 0 Å². The maximum atomic E-state index is 2.42. The molecule has 0 spiro atoms. The van der Waals surface area contributed by atoms with Gasteiger partial charge < -0.3 is 0 Å². The molecule has 0 aromatic rings. The molecule has 36 valence electrons. The highest BCUT2D eigenvalue weighted by molar-refractivity contribution is 8.32. The second kappa shape index (κ2) is 1.76. The first-order valence-electron chi connectivity index (χ1n) is 2.23. The van der Waals surface area contributed by atoms with Crippen molar-refractivity contribution in [1.29, 1.82) is 0 Å². The Kier molecular flexibility index (Phi) is 1.47. The summed E-state index contributed by atoms with van der Waals surface area (Å²) in [5.74, 6) is 0. The van der Waals surface area contributed by atoms with Crippen LogP contribution in [0.5, 0.6) is 0 Å². The topological polar surface area (TPSA) is 0 Å². The summed E-state index contributed by atoms with van der Waals surface area (Å²) in [6.07, 6.45) is 3.13. The number of hydrogen-bond acceptors (Lipinski definition) is 0. The molecule has 1 aliphatic rings. The molecular formula is C4H10P2. The Balaban J connectivity index is 2.20. The summed E-state index contributed by atoms with van der Waals surface area (Å²) in [6, 6.07) is 0. The molecule has 0 aromatic heterocycles. The summed E-state index contributed by atoms with van der Waals surface area (Å²) in [4.78, 5) is 0. The monoisotopic (exact) mass is 120 g/mol. The molecule has 1 heterocycles.